The van der Waals surface area contributed by atoms with Crippen LogP contribution in [-0.4, -0.2) is 6.36 Å². The van der Waals surface area contributed by atoms with Gasteiger partial charge in [-0.2, -0.15) is 0 Å². The molecule has 2 aromatic rings. The Bertz CT molecular complexity index is 905. The van der Waals surface area contributed by atoms with Gasteiger partial charge in [0.1, 0.15) is 11.6 Å². The summed E-state index contributed by atoms with van der Waals surface area (Å²) in [7, 11) is 0. The fourth-order valence-corrected chi connectivity index (χ4v) is 6.09. The molecule has 0 aliphatic heterocycles. The van der Waals surface area contributed by atoms with E-state index < -0.39 is 6.36 Å². The van der Waals surface area contributed by atoms with E-state index in [4.69, 9.17) is 0 Å². The summed E-state index contributed by atoms with van der Waals surface area (Å²) < 4.78 is 55.9. The average Bonchev–Trinajstić information content (AvgIpc) is 2.78. The van der Waals surface area contributed by atoms with E-state index in [1.54, 1.807) is 12.1 Å². The van der Waals surface area contributed by atoms with Crippen LogP contribution in [0.1, 0.15) is 82.6 Å². The Hall–Kier alpha value is -2.04. The van der Waals surface area contributed by atoms with Crippen molar-refractivity contribution in [2.45, 2.75) is 83.4 Å². The molecule has 2 aliphatic rings. The second-order valence-electron chi connectivity index (χ2n) is 10.0. The van der Waals surface area contributed by atoms with Gasteiger partial charge in [-0.05, 0) is 85.1 Å². The fourth-order valence-electron chi connectivity index (χ4n) is 6.09. The van der Waals surface area contributed by atoms with E-state index in [-0.39, 0.29) is 11.6 Å². The lowest BCUT2D eigenvalue weighted by Crippen LogP contribution is -2.30. The van der Waals surface area contributed by atoms with E-state index in [1.807, 2.05) is 6.07 Å². The molecule has 2 saturated carbocycles. The van der Waals surface area contributed by atoms with Crippen molar-refractivity contribution in [3.63, 3.8) is 0 Å². The minimum absolute atomic E-state index is 0.305. The normalized spacial score (nSPS) is 25.5. The van der Waals surface area contributed by atoms with E-state index in [0.717, 1.165) is 36.2 Å². The number of fused-ring (bicyclic) bond motifs is 1. The topological polar surface area (TPSA) is 9.23 Å². The molecule has 0 bridgehead atoms. The van der Waals surface area contributed by atoms with Crippen molar-refractivity contribution in [1.29, 1.82) is 0 Å². The van der Waals surface area contributed by atoms with Crippen LogP contribution in [0.4, 0.5) is 17.6 Å². The number of halogens is 4. The van der Waals surface area contributed by atoms with Gasteiger partial charge >= 0.3 is 6.36 Å². The first-order valence-corrected chi connectivity index (χ1v) is 12.5. The summed E-state index contributed by atoms with van der Waals surface area (Å²) in [6.45, 7) is 2.26. The van der Waals surface area contributed by atoms with Gasteiger partial charge in [0, 0.05) is 5.56 Å². The van der Waals surface area contributed by atoms with Gasteiger partial charge in [0.2, 0.25) is 0 Å². The van der Waals surface area contributed by atoms with E-state index in [0.29, 0.717) is 17.0 Å². The van der Waals surface area contributed by atoms with Gasteiger partial charge < -0.3 is 4.74 Å². The monoisotopic (exact) mass is 462 g/mol. The smallest absolute Gasteiger partial charge is 0.406 e. The molecule has 2 aliphatic carbocycles. The zero-order valence-corrected chi connectivity index (χ0v) is 19.3. The van der Waals surface area contributed by atoms with Crippen LogP contribution < -0.4 is 4.74 Å². The van der Waals surface area contributed by atoms with Crippen LogP contribution in [0.3, 0.4) is 0 Å². The van der Waals surface area contributed by atoms with Crippen LogP contribution in [0.15, 0.2) is 42.5 Å². The molecule has 0 radical (unpaired) electrons. The first-order chi connectivity index (χ1) is 15.8. The highest BCUT2D eigenvalue weighted by Gasteiger charge is 2.36. The summed E-state index contributed by atoms with van der Waals surface area (Å²) in [5.41, 5.74) is 1.99. The zero-order chi connectivity index (χ0) is 23.4. The van der Waals surface area contributed by atoms with E-state index in [9.17, 15) is 17.6 Å². The Balaban J connectivity index is 1.37. The summed E-state index contributed by atoms with van der Waals surface area (Å²) in [5.74, 6) is 2.27. The van der Waals surface area contributed by atoms with Crippen molar-refractivity contribution in [2.24, 2.45) is 17.8 Å². The highest BCUT2D eigenvalue weighted by molar-refractivity contribution is 5.65. The molecule has 180 valence electrons. The lowest BCUT2D eigenvalue weighted by Gasteiger charge is -2.42. The molecular formula is C28H34F4O. The van der Waals surface area contributed by atoms with Crippen molar-refractivity contribution in [3.05, 3.63) is 53.8 Å². The van der Waals surface area contributed by atoms with Gasteiger partial charge in [-0.15, -0.1) is 13.2 Å². The first kappa shape index (κ1) is 24.1. The summed E-state index contributed by atoms with van der Waals surface area (Å²) in [4.78, 5) is 0. The van der Waals surface area contributed by atoms with Gasteiger partial charge in [-0.25, -0.2) is 4.39 Å². The van der Waals surface area contributed by atoms with Crippen molar-refractivity contribution in [2.75, 3.05) is 0 Å². The number of rotatable bonds is 7. The second kappa shape index (κ2) is 10.5. The number of ether oxygens (including phenoxy) is 1. The number of hydrogen-bond acceptors (Lipinski definition) is 1. The number of hydrogen-bond donors (Lipinski definition) is 0. The highest BCUT2D eigenvalue weighted by Crippen LogP contribution is 2.48. The zero-order valence-electron chi connectivity index (χ0n) is 19.3. The molecule has 0 saturated heterocycles. The summed E-state index contributed by atoms with van der Waals surface area (Å²) in [6.07, 6.45) is 8.19. The van der Waals surface area contributed by atoms with Crippen LogP contribution in [0.2, 0.25) is 0 Å². The SMILES string of the molecule is CCCCCC1CCC2CC(c3ccc(-c4ccc(OC(F)(F)F)cc4)c(F)c3)CCC2C1. The molecule has 1 nitrogen and oxygen atoms in total. The molecule has 2 fully saturated rings. The minimum atomic E-state index is -4.73. The molecule has 0 amide bonds. The predicted molar refractivity (Wildman–Crippen MR) is 124 cm³/mol. The van der Waals surface area contributed by atoms with Crippen molar-refractivity contribution < 1.29 is 22.3 Å². The molecule has 33 heavy (non-hydrogen) atoms. The van der Waals surface area contributed by atoms with E-state index >= 15 is 0 Å². The second-order valence-corrected chi connectivity index (χ2v) is 10.0. The molecule has 2 aromatic carbocycles. The third-order valence-corrected chi connectivity index (χ3v) is 7.80. The van der Waals surface area contributed by atoms with Crippen LogP contribution in [0.25, 0.3) is 11.1 Å². The third-order valence-electron chi connectivity index (χ3n) is 7.80. The lowest BCUT2D eigenvalue weighted by atomic mass is 9.63. The van der Waals surface area contributed by atoms with Gasteiger partial charge in [0.15, 0.2) is 0 Å². The first-order valence-electron chi connectivity index (χ1n) is 12.5. The maximum atomic E-state index is 15.0. The molecule has 5 heteroatoms. The molecule has 0 aromatic heterocycles. The van der Waals surface area contributed by atoms with E-state index in [1.165, 1.54) is 75.6 Å². The summed E-state index contributed by atoms with van der Waals surface area (Å²) in [6, 6.07) is 10.8. The molecule has 0 spiro atoms. The lowest BCUT2D eigenvalue weighted by molar-refractivity contribution is -0.274. The number of alkyl halides is 3. The maximum absolute atomic E-state index is 15.0. The Kier molecular flexibility index (Phi) is 7.65. The van der Waals surface area contributed by atoms with Crippen LogP contribution in [0, 0.1) is 23.6 Å². The third kappa shape index (κ3) is 6.30. The van der Waals surface area contributed by atoms with Crippen molar-refractivity contribution in [1.82, 2.24) is 0 Å². The van der Waals surface area contributed by atoms with Crippen LogP contribution in [0.5, 0.6) is 5.75 Å². The summed E-state index contributed by atoms with van der Waals surface area (Å²) in [5, 5.41) is 0. The predicted octanol–water partition coefficient (Wildman–Crippen LogP) is 9.27. The minimum Gasteiger partial charge on any atom is -0.406 e. The molecule has 4 rings (SSSR count). The summed E-state index contributed by atoms with van der Waals surface area (Å²) >= 11 is 0. The molecular weight excluding hydrogens is 428 g/mol. The number of unbranched alkanes of at least 4 members (excludes halogenated alkanes) is 2. The largest absolute Gasteiger partial charge is 0.573 e. The molecule has 4 unspecified atom stereocenters. The van der Waals surface area contributed by atoms with Crippen LogP contribution >= 0.6 is 0 Å². The fraction of sp³-hybridized carbons (Fsp3) is 0.571. The van der Waals surface area contributed by atoms with E-state index in [2.05, 4.69) is 11.7 Å². The van der Waals surface area contributed by atoms with Gasteiger partial charge in [0.05, 0.1) is 0 Å². The maximum Gasteiger partial charge on any atom is 0.573 e. The standard InChI is InChI=1S/C28H34F4O/c1-2-3-4-5-19-6-7-22-17-23(9-8-21(22)16-19)24-12-15-26(27(29)18-24)20-10-13-25(14-11-20)33-28(30,31)32/h10-15,18-19,21-23H,2-9,16-17H2,1H3. The Morgan fingerprint density at radius 3 is 2.30 bits per heavy atom. The van der Waals surface area contributed by atoms with Crippen LogP contribution in [-0.2, 0) is 0 Å². The quantitative estimate of drug-likeness (QED) is 0.294. The van der Waals surface area contributed by atoms with Crippen molar-refractivity contribution in [3.8, 4) is 16.9 Å². The van der Waals surface area contributed by atoms with Gasteiger partial charge in [0.25, 0.3) is 0 Å². The average molecular weight is 463 g/mol. The Labute approximate surface area is 194 Å². The van der Waals surface area contributed by atoms with Crippen molar-refractivity contribution >= 4 is 0 Å². The molecule has 0 N–H and O–H groups in total. The van der Waals surface area contributed by atoms with Gasteiger partial charge in [-0.1, -0.05) is 63.3 Å². The highest BCUT2D eigenvalue weighted by atomic mass is 19.4. The Morgan fingerprint density at radius 1 is 0.879 bits per heavy atom. The molecule has 0 heterocycles. The molecule has 4 atom stereocenters. The Morgan fingerprint density at radius 2 is 1.61 bits per heavy atom. The number of benzene rings is 2. The van der Waals surface area contributed by atoms with Gasteiger partial charge in [-0.3, -0.25) is 0 Å².